The first kappa shape index (κ1) is 27.1. The number of benzene rings is 1. The number of rotatable bonds is 7. The van der Waals surface area contributed by atoms with Gasteiger partial charge in [-0.15, -0.1) is 0 Å². The summed E-state index contributed by atoms with van der Waals surface area (Å²) in [6.07, 6.45) is 3.31. The molecule has 1 aromatic heterocycles. The Balaban J connectivity index is 1.97. The fourth-order valence-corrected chi connectivity index (χ4v) is 5.82. The van der Waals surface area contributed by atoms with Crippen molar-refractivity contribution in [2.45, 2.75) is 37.4 Å². The third-order valence-corrected chi connectivity index (χ3v) is 7.98. The molecule has 1 aliphatic heterocycles. The monoisotopic (exact) mass is 500 g/mol. The lowest BCUT2D eigenvalue weighted by molar-refractivity contribution is 0.0733. The van der Waals surface area contributed by atoms with Gasteiger partial charge in [0.2, 0.25) is 10.0 Å². The average molecular weight is 501 g/mol. The molecule has 0 bridgehead atoms. The van der Waals surface area contributed by atoms with Gasteiger partial charge in [-0.3, -0.25) is 14.8 Å². The summed E-state index contributed by atoms with van der Waals surface area (Å²) in [6, 6.07) is 8.36. The molecule has 0 fully saturated rings. The van der Waals surface area contributed by atoms with Crippen molar-refractivity contribution in [3.05, 3.63) is 53.9 Å². The highest BCUT2D eigenvalue weighted by atomic mass is 32.2. The molecule has 0 amide bonds. The first-order valence-electron chi connectivity index (χ1n) is 11.8. The van der Waals surface area contributed by atoms with E-state index >= 15 is 0 Å². The fraction of sp³-hybridized carbons (Fsp3) is 0.500. The molecule has 0 unspecified atom stereocenters. The minimum Gasteiger partial charge on any atom is -0.487 e. The first-order chi connectivity index (χ1) is 16.6. The minimum atomic E-state index is -3.87. The zero-order chi connectivity index (χ0) is 25.6. The highest BCUT2D eigenvalue weighted by Gasteiger charge is 2.38. The van der Waals surface area contributed by atoms with Crippen LogP contribution in [-0.4, -0.2) is 92.1 Å². The summed E-state index contributed by atoms with van der Waals surface area (Å²) in [5.74, 6) is 6.36. The molecule has 2 heterocycles. The number of hydrogen-bond donors (Lipinski definition) is 1. The Labute approximate surface area is 209 Å². The molecule has 35 heavy (non-hydrogen) atoms. The van der Waals surface area contributed by atoms with Crippen molar-refractivity contribution < 1.29 is 18.3 Å². The normalized spacial score (nSPS) is 20.8. The van der Waals surface area contributed by atoms with Crippen LogP contribution in [0.3, 0.4) is 0 Å². The summed E-state index contributed by atoms with van der Waals surface area (Å²) >= 11 is 0. The van der Waals surface area contributed by atoms with Gasteiger partial charge in [0.15, 0.2) is 0 Å². The molecule has 0 radical (unpaired) electrons. The second-order valence-electron chi connectivity index (χ2n) is 9.50. The molecule has 1 aromatic carbocycles. The summed E-state index contributed by atoms with van der Waals surface area (Å²) < 4.78 is 35.0. The zero-order valence-corrected chi connectivity index (χ0v) is 22.0. The lowest BCUT2D eigenvalue weighted by Crippen LogP contribution is -2.49. The second kappa shape index (κ2) is 12.0. The van der Waals surface area contributed by atoms with E-state index in [4.69, 9.17) is 4.74 Å². The highest BCUT2D eigenvalue weighted by molar-refractivity contribution is 7.89. The van der Waals surface area contributed by atoms with Crippen molar-refractivity contribution >= 4 is 10.0 Å². The smallest absolute Gasteiger partial charge is 0.247 e. The van der Waals surface area contributed by atoms with E-state index in [0.717, 1.165) is 5.56 Å². The maximum absolute atomic E-state index is 13.6. The van der Waals surface area contributed by atoms with Gasteiger partial charge in [-0.2, -0.15) is 4.31 Å². The van der Waals surface area contributed by atoms with Gasteiger partial charge in [-0.25, -0.2) is 8.42 Å². The van der Waals surface area contributed by atoms with Crippen molar-refractivity contribution in [1.29, 1.82) is 0 Å². The first-order valence-corrected chi connectivity index (χ1v) is 13.2. The molecule has 0 saturated heterocycles. The van der Waals surface area contributed by atoms with E-state index in [-0.39, 0.29) is 30.1 Å². The molecular weight excluding hydrogens is 464 g/mol. The van der Waals surface area contributed by atoms with Crippen LogP contribution in [0.15, 0.2) is 47.6 Å². The molecular formula is C26H36N4O4S. The van der Waals surface area contributed by atoms with Gasteiger partial charge in [-0.05, 0) is 57.9 Å². The summed E-state index contributed by atoms with van der Waals surface area (Å²) in [6.45, 7) is 5.57. The number of aromatic nitrogens is 1. The zero-order valence-electron chi connectivity index (χ0n) is 21.2. The highest BCUT2D eigenvalue weighted by Crippen LogP contribution is 2.34. The van der Waals surface area contributed by atoms with Gasteiger partial charge in [0.1, 0.15) is 16.7 Å². The van der Waals surface area contributed by atoms with E-state index in [1.54, 1.807) is 31.3 Å². The number of likely N-dealkylation sites (N-methyl/N-ethyl adjacent to an activating group) is 1. The number of aliphatic hydroxyl groups is 1. The molecule has 1 N–H and O–H groups in total. The fourth-order valence-electron chi connectivity index (χ4n) is 4.00. The summed E-state index contributed by atoms with van der Waals surface area (Å²) in [7, 11) is 2.02. The van der Waals surface area contributed by atoms with Gasteiger partial charge in [0.25, 0.3) is 0 Å². The van der Waals surface area contributed by atoms with Gasteiger partial charge in [0, 0.05) is 49.6 Å². The van der Waals surface area contributed by atoms with E-state index in [1.165, 1.54) is 4.31 Å². The molecule has 9 heteroatoms. The van der Waals surface area contributed by atoms with Crippen LogP contribution in [-0.2, 0) is 16.6 Å². The van der Waals surface area contributed by atoms with Crippen molar-refractivity contribution in [2.24, 2.45) is 5.92 Å². The second-order valence-corrected chi connectivity index (χ2v) is 11.4. The van der Waals surface area contributed by atoms with Crippen molar-refractivity contribution in [3.8, 4) is 17.6 Å². The maximum Gasteiger partial charge on any atom is 0.247 e. The quantitative estimate of drug-likeness (QED) is 0.581. The largest absolute Gasteiger partial charge is 0.487 e. The Hall–Kier alpha value is -2.48. The Morgan fingerprint density at radius 2 is 2.06 bits per heavy atom. The molecule has 8 nitrogen and oxygen atoms in total. The minimum absolute atomic E-state index is 0.0998. The summed E-state index contributed by atoms with van der Waals surface area (Å²) in [5.41, 5.74) is 1.78. The third-order valence-electron chi connectivity index (χ3n) is 5.96. The van der Waals surface area contributed by atoms with Gasteiger partial charge >= 0.3 is 0 Å². The number of hydrogen-bond acceptors (Lipinski definition) is 7. The van der Waals surface area contributed by atoms with E-state index in [2.05, 4.69) is 21.7 Å². The van der Waals surface area contributed by atoms with Crippen LogP contribution >= 0.6 is 0 Å². The number of pyridine rings is 1. The van der Waals surface area contributed by atoms with Crippen LogP contribution in [0, 0.1) is 17.8 Å². The van der Waals surface area contributed by atoms with Crippen LogP contribution in [0.25, 0.3) is 0 Å². The van der Waals surface area contributed by atoms with Crippen LogP contribution in [0.2, 0.25) is 0 Å². The molecule has 0 spiro atoms. The summed E-state index contributed by atoms with van der Waals surface area (Å²) in [5, 5.41) is 9.80. The molecule has 3 atom stereocenters. The Bertz CT molecular complexity index is 1140. The molecule has 0 saturated carbocycles. The SMILES string of the molecule is C[C@H]1CN([C@@H](C)CO)S(=O)(=O)c2ccc(C#CCN(C)C)cc2O[C@@H]1CN(C)Cc1cccnc1. The van der Waals surface area contributed by atoms with Crippen LogP contribution < -0.4 is 4.74 Å². The van der Waals surface area contributed by atoms with E-state index in [0.29, 0.717) is 30.9 Å². The van der Waals surface area contributed by atoms with E-state index < -0.39 is 16.1 Å². The molecule has 3 rings (SSSR count). The Kier molecular flexibility index (Phi) is 9.27. The van der Waals surface area contributed by atoms with Gasteiger partial charge in [0.05, 0.1) is 13.2 Å². The van der Waals surface area contributed by atoms with Gasteiger partial charge < -0.3 is 9.84 Å². The lowest BCUT2D eigenvalue weighted by Gasteiger charge is -2.37. The van der Waals surface area contributed by atoms with E-state index in [9.17, 15) is 13.5 Å². The molecule has 190 valence electrons. The molecule has 0 aliphatic carbocycles. The lowest BCUT2D eigenvalue weighted by atomic mass is 10.0. The van der Waals surface area contributed by atoms with Crippen molar-refractivity contribution in [3.63, 3.8) is 0 Å². The Morgan fingerprint density at radius 1 is 1.29 bits per heavy atom. The molecule has 2 aromatic rings. The Morgan fingerprint density at radius 3 is 2.71 bits per heavy atom. The van der Waals surface area contributed by atoms with E-state index in [1.807, 2.05) is 51.3 Å². The number of ether oxygens (including phenoxy) is 1. The van der Waals surface area contributed by atoms with Crippen LogP contribution in [0.1, 0.15) is 25.0 Å². The topological polar surface area (TPSA) is 86.2 Å². The van der Waals surface area contributed by atoms with Gasteiger partial charge in [-0.1, -0.05) is 24.8 Å². The third kappa shape index (κ3) is 7.03. The van der Waals surface area contributed by atoms with Crippen molar-refractivity contribution in [2.75, 3.05) is 47.4 Å². The number of sulfonamides is 1. The average Bonchev–Trinajstić information content (AvgIpc) is 2.81. The predicted molar refractivity (Wildman–Crippen MR) is 136 cm³/mol. The summed E-state index contributed by atoms with van der Waals surface area (Å²) in [4.78, 5) is 8.40. The number of aliphatic hydroxyl groups excluding tert-OH is 1. The molecule has 1 aliphatic rings. The van der Waals surface area contributed by atoms with Crippen LogP contribution in [0.4, 0.5) is 0 Å². The predicted octanol–water partition coefficient (Wildman–Crippen LogP) is 1.90. The van der Waals surface area contributed by atoms with Crippen molar-refractivity contribution in [1.82, 2.24) is 19.1 Å². The number of fused-ring (bicyclic) bond motifs is 1. The van der Waals surface area contributed by atoms with Crippen LogP contribution in [0.5, 0.6) is 5.75 Å². The number of nitrogens with zero attached hydrogens (tertiary/aromatic N) is 4. The maximum atomic E-state index is 13.6. The standard InChI is InChI=1S/C26H36N4O4S/c1-20-16-30(21(2)19-31)35(32,33)26-11-10-22(9-7-13-28(3)4)14-24(26)34-25(20)18-29(5)17-23-8-6-12-27-15-23/h6,8,10-12,14-15,20-21,25,31H,13,16-19H2,1-5H3/t20-,21-,25+/m0/s1.